The first kappa shape index (κ1) is 35.7. The van der Waals surface area contributed by atoms with Gasteiger partial charge in [-0.25, -0.2) is 9.97 Å². The number of nitrogens with one attached hydrogen (secondary N) is 2. The summed E-state index contributed by atoms with van der Waals surface area (Å²) in [4.78, 5) is 9.49. The van der Waals surface area contributed by atoms with E-state index < -0.39 is 10.3 Å². The van der Waals surface area contributed by atoms with Gasteiger partial charge in [0.2, 0.25) is 0 Å². The minimum absolute atomic E-state index is 0. The summed E-state index contributed by atoms with van der Waals surface area (Å²) < 4.78 is 1.68. The molecule has 0 saturated heterocycles. The van der Waals surface area contributed by atoms with E-state index in [9.17, 15) is 5.11 Å². The molecule has 3 aromatic rings. The molecule has 5 N–H and O–H groups in total. The Morgan fingerprint density at radius 2 is 1.82 bits per heavy atom. The van der Waals surface area contributed by atoms with Crippen molar-refractivity contribution in [3.63, 3.8) is 0 Å². The number of fused-ring (bicyclic) bond motifs is 3. The Bertz CT molecular complexity index is 1300. The summed E-state index contributed by atoms with van der Waals surface area (Å²) in [5, 5.41) is 15.0. The first-order valence-electron chi connectivity index (χ1n) is 13.7. The standard InChI is InChI=1S/C29H43N6OS.CH4S.K/c1-8-9-14-23-33-24-25(19-12-10-11-13-20(19)32-26(24)30)35(23)34-22-15-21(22)31-18(2)29(7,37)17-27(3,4)16-28(5,6)36;1-2;/h10-13,21,31,34,36-37H,2,8-9,14-17H2,1,3-7H3,(H2,30,32);2H,1H3;/q-1;;+1. The van der Waals surface area contributed by atoms with E-state index in [0.29, 0.717) is 12.2 Å². The van der Waals surface area contributed by atoms with Crippen LogP contribution in [0.3, 0.4) is 0 Å². The number of unbranched alkanes of at least 4 members (excludes halogenated alkanes) is 1. The number of thiol groups is 2. The van der Waals surface area contributed by atoms with Gasteiger partial charge in [-0.15, -0.1) is 6.04 Å². The van der Waals surface area contributed by atoms with Gasteiger partial charge < -0.3 is 21.6 Å². The van der Waals surface area contributed by atoms with Gasteiger partial charge in [0, 0.05) is 22.3 Å². The van der Waals surface area contributed by atoms with Crippen molar-refractivity contribution in [1.82, 2.24) is 20.0 Å². The first-order chi connectivity index (χ1) is 18.2. The molecule has 0 radical (unpaired) electrons. The number of aromatic nitrogens is 3. The molecule has 1 aromatic carbocycles. The van der Waals surface area contributed by atoms with Crippen LogP contribution >= 0.6 is 25.3 Å². The number of rotatable bonds is 12. The third-order valence-electron chi connectivity index (χ3n) is 7.02. The predicted octanol–water partition coefficient (Wildman–Crippen LogP) is 3.28. The fourth-order valence-corrected chi connectivity index (χ4v) is 6.17. The number of aliphatic hydroxyl groups is 1. The second kappa shape index (κ2) is 14.3. The van der Waals surface area contributed by atoms with E-state index in [0.717, 1.165) is 65.6 Å². The number of hydrogen-bond donors (Lipinski definition) is 6. The van der Waals surface area contributed by atoms with Crippen LogP contribution in [-0.4, -0.2) is 42.4 Å². The average molecular weight is 611 g/mol. The Kier molecular flexibility index (Phi) is 12.8. The van der Waals surface area contributed by atoms with E-state index in [2.05, 4.69) is 73.4 Å². The van der Waals surface area contributed by atoms with Gasteiger partial charge >= 0.3 is 51.4 Å². The molecule has 7 nitrogen and oxygen atoms in total. The first-order valence-corrected chi connectivity index (χ1v) is 15.1. The van der Waals surface area contributed by atoms with Crippen LogP contribution in [0.25, 0.3) is 21.9 Å². The Morgan fingerprint density at radius 1 is 1.18 bits per heavy atom. The summed E-state index contributed by atoms with van der Waals surface area (Å²) >= 11 is 8.52. The van der Waals surface area contributed by atoms with Crippen molar-refractivity contribution in [2.75, 3.05) is 17.4 Å². The molecule has 0 bridgehead atoms. The molecular formula is C30H47KN6OS2. The fraction of sp³-hybridized carbons (Fsp3) is 0.567. The van der Waals surface area contributed by atoms with Crippen molar-refractivity contribution >= 4 is 53.0 Å². The zero-order valence-electron chi connectivity index (χ0n) is 25.6. The molecule has 40 heavy (non-hydrogen) atoms. The van der Waals surface area contributed by atoms with Gasteiger partial charge in [-0.2, -0.15) is 37.7 Å². The minimum atomic E-state index is -0.727. The molecule has 0 spiro atoms. The molecule has 1 saturated carbocycles. The van der Waals surface area contributed by atoms with Crippen LogP contribution in [0.2, 0.25) is 0 Å². The number of nitrogens with zero attached hydrogens (tertiary/aromatic N) is 3. The van der Waals surface area contributed by atoms with Crippen LogP contribution in [0.15, 0.2) is 36.5 Å². The number of hydrogen-bond acceptors (Lipinski definition) is 8. The monoisotopic (exact) mass is 610 g/mol. The maximum atomic E-state index is 10.3. The summed E-state index contributed by atoms with van der Waals surface area (Å²) in [6.45, 7) is 16.7. The normalized spacial score (nSPS) is 17.0. The molecule has 1 fully saturated rings. The Hall–Kier alpha value is -0.464. The maximum absolute atomic E-state index is 10.3. The Labute approximate surface area is 294 Å². The van der Waals surface area contributed by atoms with E-state index in [1.54, 1.807) is 6.26 Å². The van der Waals surface area contributed by atoms with E-state index in [4.69, 9.17) is 23.3 Å². The smallest absolute Gasteiger partial charge is 0.466 e. The summed E-state index contributed by atoms with van der Waals surface area (Å²) in [6, 6.07) is 9.40. The van der Waals surface area contributed by atoms with Crippen LogP contribution in [0, 0.1) is 11.5 Å². The molecular weight excluding hydrogens is 564 g/mol. The number of nitrogens with two attached hydrogens (primary N) is 1. The Balaban J connectivity index is 0.00000183. The number of benzene rings is 1. The molecule has 4 rings (SSSR count). The van der Waals surface area contributed by atoms with E-state index in [1.165, 1.54) is 6.04 Å². The number of aryl methyl sites for hydroxylation is 1. The molecule has 0 amide bonds. The largest absolute Gasteiger partial charge is 1.00 e. The minimum Gasteiger partial charge on any atom is -0.466 e. The topological polar surface area (TPSA) is 101 Å². The van der Waals surface area contributed by atoms with E-state index in [-0.39, 0.29) is 62.8 Å². The van der Waals surface area contributed by atoms with Crippen molar-refractivity contribution in [3.8, 4) is 0 Å². The third-order valence-corrected chi connectivity index (χ3v) is 7.44. The summed E-state index contributed by atoms with van der Waals surface area (Å²) in [5.74, 6) is 1.42. The number of nitrogen functional groups attached to an aromatic ring is 1. The molecule has 10 heteroatoms. The quantitative estimate of drug-likeness (QED) is 0.107. The van der Waals surface area contributed by atoms with Gasteiger partial charge in [0.25, 0.3) is 0 Å². The number of para-hydroxylation sites is 1. The van der Waals surface area contributed by atoms with Crippen LogP contribution in [0.1, 0.15) is 79.5 Å². The molecule has 1 aliphatic carbocycles. The molecule has 2 unspecified atom stereocenters. The van der Waals surface area contributed by atoms with Crippen LogP contribution < -0.4 is 67.9 Å². The van der Waals surface area contributed by atoms with Gasteiger partial charge in [-0.1, -0.05) is 52.0 Å². The average Bonchev–Trinajstić information content (AvgIpc) is 3.45. The number of imidazole rings is 1. The van der Waals surface area contributed by atoms with Crippen molar-refractivity contribution in [3.05, 3.63) is 48.4 Å². The number of anilines is 1. The molecule has 0 aliphatic heterocycles. The van der Waals surface area contributed by atoms with Crippen molar-refractivity contribution < 1.29 is 56.5 Å². The third kappa shape index (κ3) is 9.02. The molecule has 2 heterocycles. The van der Waals surface area contributed by atoms with Gasteiger partial charge in [0.15, 0.2) is 5.82 Å². The zero-order valence-corrected chi connectivity index (χ0v) is 30.5. The second-order valence-electron chi connectivity index (χ2n) is 12.3. The van der Waals surface area contributed by atoms with E-state index >= 15 is 0 Å². The molecule has 216 valence electrons. The van der Waals surface area contributed by atoms with Gasteiger partial charge in [-0.3, -0.25) is 4.68 Å². The van der Waals surface area contributed by atoms with Gasteiger partial charge in [-0.05, 0) is 57.8 Å². The molecule has 2 atom stereocenters. The van der Waals surface area contributed by atoms with Crippen LogP contribution in [-0.2, 0) is 6.42 Å². The van der Waals surface area contributed by atoms with Crippen molar-refractivity contribution in [2.24, 2.45) is 5.41 Å². The zero-order chi connectivity index (χ0) is 29.2. The maximum Gasteiger partial charge on any atom is 1.00 e. The fourth-order valence-electron chi connectivity index (χ4n) is 5.67. The van der Waals surface area contributed by atoms with E-state index in [1.807, 2.05) is 32.0 Å². The van der Waals surface area contributed by atoms with Crippen LogP contribution in [0.4, 0.5) is 5.82 Å². The Morgan fingerprint density at radius 3 is 2.45 bits per heavy atom. The van der Waals surface area contributed by atoms with Crippen molar-refractivity contribution in [2.45, 2.75) is 96.5 Å². The SMILES string of the molecule is C=C(NC1C[C-]1Nn1c(CCCC)nc2c(N)nc3ccccc3c21)C(C)(S)CC(C)(C)CC(C)(C)O.CS.[K+]. The predicted molar refractivity (Wildman–Crippen MR) is 173 cm³/mol. The molecule has 1 aliphatic rings. The van der Waals surface area contributed by atoms with Crippen molar-refractivity contribution in [1.29, 1.82) is 0 Å². The van der Waals surface area contributed by atoms with Gasteiger partial charge in [0.1, 0.15) is 16.9 Å². The molecule has 2 aromatic heterocycles. The number of pyridine rings is 1. The second-order valence-corrected chi connectivity index (χ2v) is 13.3. The van der Waals surface area contributed by atoms with Gasteiger partial charge in [0.05, 0.1) is 11.1 Å². The summed E-state index contributed by atoms with van der Waals surface area (Å²) in [7, 11) is 0. The summed E-state index contributed by atoms with van der Waals surface area (Å²) in [5.41, 5.74) is 12.6. The summed E-state index contributed by atoms with van der Waals surface area (Å²) in [6.07, 6.45) is 7.05. The van der Waals surface area contributed by atoms with Crippen LogP contribution in [0.5, 0.6) is 0 Å².